The third kappa shape index (κ3) is 7.13. The third-order valence-corrected chi connectivity index (χ3v) is 8.35. The molecule has 0 amide bonds. The number of hydrogen-bond donors (Lipinski definition) is 0. The molecule has 1 atom stereocenters. The zero-order valence-corrected chi connectivity index (χ0v) is 26.0. The fraction of sp³-hybridized carbons (Fsp3) is 0.294. The summed E-state index contributed by atoms with van der Waals surface area (Å²) in [4.78, 5) is 26.3. The molecule has 3 heterocycles. The minimum Gasteiger partial charge on any atom is -0.487 e. The number of carbonyl (C=O) groups is 1. The van der Waals surface area contributed by atoms with E-state index in [4.69, 9.17) is 4.74 Å². The molecule has 10 heteroatoms. The predicted octanol–water partition coefficient (Wildman–Crippen LogP) is 8.35. The first-order valence-corrected chi connectivity index (χ1v) is 14.9. The van der Waals surface area contributed by atoms with Crippen molar-refractivity contribution in [1.29, 1.82) is 0 Å². The largest absolute Gasteiger partial charge is 0.487 e. The van der Waals surface area contributed by atoms with Crippen LogP contribution in [0.4, 0.5) is 13.2 Å². The van der Waals surface area contributed by atoms with E-state index in [0.717, 1.165) is 57.0 Å². The highest BCUT2D eigenvalue weighted by Gasteiger charge is 2.31. The van der Waals surface area contributed by atoms with Gasteiger partial charge in [-0.15, -0.1) is 11.8 Å². The van der Waals surface area contributed by atoms with Gasteiger partial charge in [-0.05, 0) is 49.2 Å². The number of hydrogen-bond acceptors (Lipinski definition) is 6. The number of nitrogens with zero attached hydrogens (tertiary/aromatic N) is 4. The Morgan fingerprint density at radius 1 is 0.955 bits per heavy atom. The van der Waals surface area contributed by atoms with Gasteiger partial charge in [-0.2, -0.15) is 13.2 Å². The molecular formula is C34H33F3N4O2S. The van der Waals surface area contributed by atoms with Crippen LogP contribution >= 0.6 is 11.8 Å². The van der Waals surface area contributed by atoms with Crippen LogP contribution < -0.4 is 4.74 Å². The summed E-state index contributed by atoms with van der Waals surface area (Å²) in [5, 5.41) is 1.01. The summed E-state index contributed by atoms with van der Waals surface area (Å²) in [6.07, 6.45) is 1.27. The molecule has 1 unspecified atom stereocenters. The van der Waals surface area contributed by atoms with E-state index in [-0.39, 0.29) is 11.4 Å². The molecule has 5 aromatic rings. The van der Waals surface area contributed by atoms with E-state index in [2.05, 4.69) is 40.3 Å². The van der Waals surface area contributed by atoms with Gasteiger partial charge in [0.1, 0.15) is 18.6 Å². The second kappa shape index (κ2) is 12.4. The number of pyridine rings is 1. The zero-order chi connectivity index (χ0) is 31.6. The molecule has 0 aliphatic rings. The van der Waals surface area contributed by atoms with Gasteiger partial charge >= 0.3 is 6.18 Å². The number of alkyl halides is 3. The number of thioether (sulfide) groups is 1. The van der Waals surface area contributed by atoms with E-state index in [0.29, 0.717) is 23.4 Å². The van der Waals surface area contributed by atoms with Crippen molar-refractivity contribution in [3.05, 3.63) is 101 Å². The van der Waals surface area contributed by atoms with Crippen LogP contribution in [0.3, 0.4) is 0 Å². The Morgan fingerprint density at radius 2 is 1.70 bits per heavy atom. The Labute approximate surface area is 258 Å². The summed E-state index contributed by atoms with van der Waals surface area (Å²) in [7, 11) is 1.97. The van der Waals surface area contributed by atoms with E-state index in [1.54, 1.807) is 24.2 Å². The van der Waals surface area contributed by atoms with E-state index in [9.17, 15) is 18.0 Å². The number of aromatic nitrogens is 4. The number of halogens is 3. The highest BCUT2D eigenvalue weighted by molar-refractivity contribution is 8.00. The van der Waals surface area contributed by atoms with Gasteiger partial charge in [-0.25, -0.2) is 0 Å². The third-order valence-electron chi connectivity index (χ3n) is 7.11. The van der Waals surface area contributed by atoms with Crippen molar-refractivity contribution in [3.63, 3.8) is 0 Å². The lowest BCUT2D eigenvalue weighted by Crippen LogP contribution is -2.13. The number of fused-ring (bicyclic) bond motifs is 1. The Balaban J connectivity index is 1.43. The number of ether oxygens (including phenoxy) is 1. The molecule has 0 saturated carbocycles. The number of aldehydes is 1. The van der Waals surface area contributed by atoms with Crippen molar-refractivity contribution in [3.8, 4) is 17.0 Å². The minimum absolute atomic E-state index is 0.124. The molecule has 0 spiro atoms. The van der Waals surface area contributed by atoms with Crippen molar-refractivity contribution >= 4 is 29.0 Å². The lowest BCUT2D eigenvalue weighted by atomic mass is 9.96. The molecule has 2 aromatic carbocycles. The normalized spacial score (nSPS) is 12.8. The van der Waals surface area contributed by atoms with Crippen LogP contribution in [0.2, 0.25) is 0 Å². The predicted molar refractivity (Wildman–Crippen MR) is 167 cm³/mol. The van der Waals surface area contributed by atoms with E-state index >= 15 is 0 Å². The first kappa shape index (κ1) is 31.3. The summed E-state index contributed by atoms with van der Waals surface area (Å²) in [6, 6.07) is 15.8. The Hall–Kier alpha value is -4.18. The van der Waals surface area contributed by atoms with Crippen molar-refractivity contribution in [1.82, 2.24) is 19.5 Å². The lowest BCUT2D eigenvalue weighted by molar-refractivity contribution is -0.137. The molecule has 0 bridgehead atoms. The molecule has 0 radical (unpaired) electrons. The lowest BCUT2D eigenvalue weighted by Gasteiger charge is -2.21. The summed E-state index contributed by atoms with van der Waals surface area (Å²) in [6.45, 7) is 8.59. The summed E-state index contributed by atoms with van der Waals surface area (Å²) < 4.78 is 46.8. The molecule has 3 aromatic heterocycles. The van der Waals surface area contributed by atoms with Gasteiger partial charge in [0.2, 0.25) is 0 Å². The number of benzene rings is 2. The molecule has 0 N–H and O–H groups in total. The van der Waals surface area contributed by atoms with Crippen molar-refractivity contribution in [2.75, 3.05) is 0 Å². The monoisotopic (exact) mass is 618 g/mol. The van der Waals surface area contributed by atoms with Gasteiger partial charge in [0.25, 0.3) is 0 Å². The maximum absolute atomic E-state index is 12.9. The van der Waals surface area contributed by atoms with Gasteiger partial charge in [-0.1, -0.05) is 45.0 Å². The molecule has 6 nitrogen and oxygen atoms in total. The average Bonchev–Trinajstić information content (AvgIpc) is 3.24. The van der Waals surface area contributed by atoms with Crippen LogP contribution in [-0.4, -0.2) is 30.6 Å². The molecular weight excluding hydrogens is 585 g/mol. The molecule has 0 aliphatic carbocycles. The molecule has 0 saturated heterocycles. The smallest absolute Gasteiger partial charge is 0.417 e. The van der Waals surface area contributed by atoms with E-state index in [1.165, 1.54) is 6.07 Å². The Bertz CT molecular complexity index is 1760. The molecule has 0 aliphatic heterocycles. The SMILES string of the molecule is Cc1cnc(COc2ccc3c(c2)c(SC(C)(C)C)c(C(C=O)Cc2ccc(-c4ccc(C(F)(F)F)cn4)cc2)n3C)cn1. The first-order valence-electron chi connectivity index (χ1n) is 14.1. The molecule has 44 heavy (non-hydrogen) atoms. The molecule has 0 fully saturated rings. The van der Waals surface area contributed by atoms with Crippen LogP contribution in [0.25, 0.3) is 22.2 Å². The van der Waals surface area contributed by atoms with Gasteiger partial charge in [0.05, 0.1) is 34.8 Å². The van der Waals surface area contributed by atoms with Crippen molar-refractivity contribution < 1.29 is 22.7 Å². The minimum atomic E-state index is -4.43. The van der Waals surface area contributed by atoms with Gasteiger partial charge in [0.15, 0.2) is 0 Å². The van der Waals surface area contributed by atoms with Gasteiger partial charge < -0.3 is 14.1 Å². The van der Waals surface area contributed by atoms with Crippen LogP contribution in [0.1, 0.15) is 54.9 Å². The van der Waals surface area contributed by atoms with Gasteiger partial charge in [0, 0.05) is 51.2 Å². The maximum atomic E-state index is 12.9. The second-order valence-electron chi connectivity index (χ2n) is 11.7. The number of aryl methyl sites for hydroxylation is 2. The average molecular weight is 619 g/mol. The number of carbonyl (C=O) groups excluding carboxylic acids is 1. The second-order valence-corrected chi connectivity index (χ2v) is 13.5. The Morgan fingerprint density at radius 3 is 2.30 bits per heavy atom. The number of rotatable bonds is 9. The summed E-state index contributed by atoms with van der Waals surface area (Å²) in [5.74, 6) is 0.266. The highest BCUT2D eigenvalue weighted by Crippen LogP contribution is 2.44. The van der Waals surface area contributed by atoms with E-state index in [1.807, 2.05) is 56.4 Å². The van der Waals surface area contributed by atoms with E-state index < -0.39 is 17.7 Å². The Kier molecular flexibility index (Phi) is 8.83. The van der Waals surface area contributed by atoms with Crippen LogP contribution in [0, 0.1) is 6.92 Å². The summed E-state index contributed by atoms with van der Waals surface area (Å²) in [5.41, 5.74) is 4.77. The standard InChI is InChI=1S/C34H33F3N4O2S/c1-21-16-39-26(18-38-21)20-43-27-11-13-30-28(15-27)32(44-33(2,3)4)31(41(30)5)24(19-42)14-22-6-8-23(9-7-22)29-12-10-25(17-40-29)34(35,36)37/h6-13,15-19,24H,14,20H2,1-5H3. The van der Waals surface area contributed by atoms with Crippen molar-refractivity contribution in [2.24, 2.45) is 7.05 Å². The van der Waals surface area contributed by atoms with Crippen LogP contribution in [0.15, 0.2) is 78.1 Å². The first-order chi connectivity index (χ1) is 20.8. The van der Waals surface area contributed by atoms with Crippen LogP contribution in [-0.2, 0) is 31.0 Å². The molecule has 228 valence electrons. The van der Waals surface area contributed by atoms with Crippen molar-refractivity contribution in [2.45, 2.75) is 62.5 Å². The summed E-state index contributed by atoms with van der Waals surface area (Å²) >= 11 is 1.71. The quantitative estimate of drug-likeness (QED) is 0.122. The molecule has 5 rings (SSSR count). The fourth-order valence-corrected chi connectivity index (χ4v) is 6.27. The maximum Gasteiger partial charge on any atom is 0.417 e. The topological polar surface area (TPSA) is 69.9 Å². The zero-order valence-electron chi connectivity index (χ0n) is 25.1. The highest BCUT2D eigenvalue weighted by atomic mass is 32.2. The van der Waals surface area contributed by atoms with Crippen LogP contribution in [0.5, 0.6) is 5.75 Å². The van der Waals surface area contributed by atoms with Gasteiger partial charge in [-0.3, -0.25) is 15.0 Å². The fourth-order valence-electron chi connectivity index (χ4n) is 4.99.